The summed E-state index contributed by atoms with van der Waals surface area (Å²) in [5.74, 6) is 0.820. The van der Waals surface area contributed by atoms with E-state index >= 15 is 0 Å². The van der Waals surface area contributed by atoms with E-state index in [0.717, 1.165) is 43.8 Å². The van der Waals surface area contributed by atoms with Crippen LogP contribution in [-0.2, 0) is 4.74 Å². The van der Waals surface area contributed by atoms with Gasteiger partial charge in [-0.3, -0.25) is 0 Å². The Morgan fingerprint density at radius 2 is 2.39 bits per heavy atom. The summed E-state index contributed by atoms with van der Waals surface area (Å²) in [6.07, 6.45) is 2.78. The van der Waals surface area contributed by atoms with Gasteiger partial charge in [0, 0.05) is 6.61 Å². The lowest BCUT2D eigenvalue weighted by molar-refractivity contribution is -0.0103. The van der Waals surface area contributed by atoms with Crippen molar-refractivity contribution in [2.24, 2.45) is 5.92 Å². The third-order valence-electron chi connectivity index (χ3n) is 3.15. The van der Waals surface area contributed by atoms with Gasteiger partial charge in [0.05, 0.1) is 24.7 Å². The molecule has 1 aromatic rings. The molecule has 1 heterocycles. The first-order valence-corrected chi connectivity index (χ1v) is 6.59. The number of nitrogens with zero attached hydrogens (tertiary/aromatic N) is 1. The summed E-state index contributed by atoms with van der Waals surface area (Å²) in [5.41, 5.74) is 1.05. The number of benzene rings is 1. The molecule has 0 amide bonds. The maximum Gasteiger partial charge on any atom is 0.119 e. The Labute approximate surface area is 108 Å². The zero-order valence-electron chi connectivity index (χ0n) is 10.8. The molecular formula is C15H19NO2. The van der Waals surface area contributed by atoms with E-state index in [0.29, 0.717) is 0 Å². The molecule has 2 unspecified atom stereocenters. The van der Waals surface area contributed by atoms with Crippen LogP contribution in [0.4, 0.5) is 0 Å². The zero-order valence-corrected chi connectivity index (χ0v) is 10.8. The van der Waals surface area contributed by atoms with Crippen molar-refractivity contribution < 1.29 is 9.47 Å². The minimum Gasteiger partial charge on any atom is -0.494 e. The van der Waals surface area contributed by atoms with Gasteiger partial charge in [0.2, 0.25) is 0 Å². The number of hydrogen-bond acceptors (Lipinski definition) is 3. The van der Waals surface area contributed by atoms with Crippen LogP contribution in [0.5, 0.6) is 5.75 Å². The number of ether oxygens (including phenoxy) is 2. The van der Waals surface area contributed by atoms with Gasteiger partial charge in [0.25, 0.3) is 0 Å². The van der Waals surface area contributed by atoms with Crippen molar-refractivity contribution in [1.82, 2.24) is 0 Å². The second-order valence-electron chi connectivity index (χ2n) is 4.59. The van der Waals surface area contributed by atoms with Crippen molar-refractivity contribution >= 4 is 0 Å². The van der Waals surface area contributed by atoms with E-state index in [-0.39, 0.29) is 12.0 Å². The molecule has 0 radical (unpaired) electrons. The first kappa shape index (κ1) is 12.9. The highest BCUT2D eigenvalue weighted by Gasteiger charge is 2.27. The second kappa shape index (κ2) is 6.42. The van der Waals surface area contributed by atoms with E-state index in [9.17, 15) is 5.26 Å². The molecule has 18 heavy (non-hydrogen) atoms. The van der Waals surface area contributed by atoms with E-state index in [1.54, 1.807) is 0 Å². The van der Waals surface area contributed by atoms with Crippen molar-refractivity contribution in [3.05, 3.63) is 29.8 Å². The van der Waals surface area contributed by atoms with Crippen molar-refractivity contribution in [2.45, 2.75) is 32.3 Å². The fourth-order valence-electron chi connectivity index (χ4n) is 2.24. The average molecular weight is 245 g/mol. The van der Waals surface area contributed by atoms with Crippen molar-refractivity contribution in [2.75, 3.05) is 13.2 Å². The quantitative estimate of drug-likeness (QED) is 0.815. The van der Waals surface area contributed by atoms with Crippen LogP contribution in [0.15, 0.2) is 24.3 Å². The lowest BCUT2D eigenvalue weighted by Gasteiger charge is -2.27. The Kier molecular flexibility index (Phi) is 4.60. The summed E-state index contributed by atoms with van der Waals surface area (Å²) in [5, 5.41) is 9.17. The highest BCUT2D eigenvalue weighted by molar-refractivity contribution is 5.31. The second-order valence-corrected chi connectivity index (χ2v) is 4.59. The maximum absolute atomic E-state index is 9.17. The van der Waals surface area contributed by atoms with Gasteiger partial charge in [-0.15, -0.1) is 0 Å². The molecular weight excluding hydrogens is 226 g/mol. The molecule has 3 heteroatoms. The number of hydrogen-bond donors (Lipinski definition) is 0. The van der Waals surface area contributed by atoms with Gasteiger partial charge in [-0.25, -0.2) is 0 Å². The predicted molar refractivity (Wildman–Crippen MR) is 69.3 cm³/mol. The molecule has 2 atom stereocenters. The molecule has 0 aliphatic carbocycles. The molecule has 0 spiro atoms. The summed E-state index contributed by atoms with van der Waals surface area (Å²) >= 11 is 0. The molecule has 0 N–H and O–H groups in total. The summed E-state index contributed by atoms with van der Waals surface area (Å²) in [6, 6.07) is 10.3. The molecule has 0 aromatic heterocycles. The lowest BCUT2D eigenvalue weighted by Crippen LogP contribution is -2.21. The molecule has 2 rings (SSSR count). The van der Waals surface area contributed by atoms with Gasteiger partial charge in [-0.05, 0) is 37.0 Å². The largest absolute Gasteiger partial charge is 0.494 e. The predicted octanol–water partition coefficient (Wildman–Crippen LogP) is 3.47. The summed E-state index contributed by atoms with van der Waals surface area (Å²) < 4.78 is 11.4. The van der Waals surface area contributed by atoms with E-state index in [1.165, 1.54) is 0 Å². The van der Waals surface area contributed by atoms with Gasteiger partial charge >= 0.3 is 0 Å². The van der Waals surface area contributed by atoms with Gasteiger partial charge in [-0.2, -0.15) is 5.26 Å². The minimum absolute atomic E-state index is 0.0415. The third kappa shape index (κ3) is 3.02. The molecule has 1 aromatic carbocycles. The molecule has 0 saturated carbocycles. The Balaban J connectivity index is 2.13. The third-order valence-corrected chi connectivity index (χ3v) is 3.15. The Hall–Kier alpha value is -1.53. The van der Waals surface area contributed by atoms with Crippen LogP contribution < -0.4 is 4.74 Å². The van der Waals surface area contributed by atoms with Gasteiger partial charge in [0.15, 0.2) is 0 Å². The Morgan fingerprint density at radius 1 is 1.50 bits per heavy atom. The fraction of sp³-hybridized carbons (Fsp3) is 0.533. The minimum atomic E-state index is -0.103. The van der Waals surface area contributed by atoms with Crippen LogP contribution >= 0.6 is 0 Å². The van der Waals surface area contributed by atoms with Crippen LogP contribution in [0.25, 0.3) is 0 Å². The van der Waals surface area contributed by atoms with Crippen molar-refractivity contribution in [3.8, 4) is 11.8 Å². The van der Waals surface area contributed by atoms with Gasteiger partial charge in [0.1, 0.15) is 5.75 Å². The van der Waals surface area contributed by atoms with E-state index < -0.39 is 0 Å². The number of rotatable bonds is 4. The van der Waals surface area contributed by atoms with Crippen LogP contribution in [0.3, 0.4) is 0 Å². The topological polar surface area (TPSA) is 42.2 Å². The monoisotopic (exact) mass is 245 g/mol. The smallest absolute Gasteiger partial charge is 0.119 e. The van der Waals surface area contributed by atoms with Crippen LogP contribution in [0.2, 0.25) is 0 Å². The molecule has 0 bridgehead atoms. The van der Waals surface area contributed by atoms with Crippen LogP contribution in [0.1, 0.15) is 37.9 Å². The molecule has 1 aliphatic heterocycles. The fourth-order valence-corrected chi connectivity index (χ4v) is 2.24. The highest BCUT2D eigenvalue weighted by Crippen LogP contribution is 2.34. The highest BCUT2D eigenvalue weighted by atomic mass is 16.5. The molecule has 96 valence electrons. The average Bonchev–Trinajstić information content (AvgIpc) is 2.45. The molecule has 1 aliphatic rings. The first-order valence-electron chi connectivity index (χ1n) is 6.59. The summed E-state index contributed by atoms with van der Waals surface area (Å²) in [6.45, 7) is 3.54. The molecule has 3 nitrogen and oxygen atoms in total. The summed E-state index contributed by atoms with van der Waals surface area (Å²) in [4.78, 5) is 0. The van der Waals surface area contributed by atoms with Gasteiger partial charge in [-0.1, -0.05) is 19.1 Å². The first-order chi connectivity index (χ1) is 8.85. The van der Waals surface area contributed by atoms with Crippen LogP contribution in [0, 0.1) is 17.2 Å². The van der Waals surface area contributed by atoms with Crippen LogP contribution in [-0.4, -0.2) is 13.2 Å². The SMILES string of the molecule is CCCOc1cccc(C2OCCCC2C#N)c1. The lowest BCUT2D eigenvalue weighted by atomic mass is 9.91. The van der Waals surface area contributed by atoms with Gasteiger partial charge < -0.3 is 9.47 Å². The summed E-state index contributed by atoms with van der Waals surface area (Å²) in [7, 11) is 0. The maximum atomic E-state index is 9.17. The molecule has 1 saturated heterocycles. The Bertz CT molecular complexity index is 425. The van der Waals surface area contributed by atoms with E-state index in [4.69, 9.17) is 9.47 Å². The van der Waals surface area contributed by atoms with E-state index in [1.807, 2.05) is 24.3 Å². The zero-order chi connectivity index (χ0) is 12.8. The van der Waals surface area contributed by atoms with E-state index in [2.05, 4.69) is 13.0 Å². The standard InChI is InChI=1S/C15H19NO2/c1-2-8-17-14-7-3-5-12(10-14)15-13(11-16)6-4-9-18-15/h3,5,7,10,13,15H,2,4,6,8-9H2,1H3. The van der Waals surface area contributed by atoms with Crippen molar-refractivity contribution in [1.29, 1.82) is 5.26 Å². The van der Waals surface area contributed by atoms with Crippen molar-refractivity contribution in [3.63, 3.8) is 0 Å². The molecule has 1 fully saturated rings. The normalized spacial score (nSPS) is 23.3. The number of nitriles is 1. The Morgan fingerprint density at radius 3 is 3.17 bits per heavy atom.